The third-order valence-corrected chi connectivity index (χ3v) is 3.67. The fraction of sp³-hybridized carbons (Fsp3) is 0.294. The Morgan fingerprint density at radius 1 is 1.33 bits per heavy atom. The van der Waals surface area contributed by atoms with Crippen molar-refractivity contribution in [2.75, 3.05) is 18.5 Å². The van der Waals surface area contributed by atoms with E-state index in [9.17, 15) is 4.79 Å². The smallest absolute Gasteiger partial charge is 0.270 e. The van der Waals surface area contributed by atoms with E-state index in [1.807, 2.05) is 0 Å². The van der Waals surface area contributed by atoms with Gasteiger partial charge in [-0.15, -0.1) is 0 Å². The zero-order chi connectivity index (χ0) is 16.8. The molecule has 1 saturated heterocycles. The number of ether oxygens (including phenoxy) is 1. The molecule has 2 heterocycles. The topological polar surface area (TPSA) is 99.9 Å². The molecule has 1 fully saturated rings. The van der Waals surface area contributed by atoms with Crippen LogP contribution in [-0.4, -0.2) is 35.1 Å². The number of nitriles is 1. The first-order chi connectivity index (χ1) is 11.7. The number of nitrogens with one attached hydrogen (secondary N) is 2. The summed E-state index contributed by atoms with van der Waals surface area (Å²) in [6.07, 6.45) is 3.62. The Labute approximate surface area is 139 Å². The summed E-state index contributed by atoms with van der Waals surface area (Å²) >= 11 is 0. The number of aromatic nitrogens is 2. The van der Waals surface area contributed by atoms with Gasteiger partial charge >= 0.3 is 0 Å². The fourth-order valence-corrected chi connectivity index (χ4v) is 2.40. The summed E-state index contributed by atoms with van der Waals surface area (Å²) in [5, 5.41) is 14.6. The quantitative estimate of drug-likeness (QED) is 0.873. The maximum Gasteiger partial charge on any atom is 0.270 e. The first kappa shape index (κ1) is 15.9. The van der Waals surface area contributed by atoms with E-state index >= 15 is 0 Å². The molecular formula is C17H17N5O2. The first-order valence-electron chi connectivity index (χ1n) is 7.74. The van der Waals surface area contributed by atoms with E-state index in [4.69, 9.17) is 10.00 Å². The fourth-order valence-electron chi connectivity index (χ4n) is 2.40. The molecule has 0 spiro atoms. The Morgan fingerprint density at radius 2 is 2.17 bits per heavy atom. The van der Waals surface area contributed by atoms with Gasteiger partial charge in [0.25, 0.3) is 5.91 Å². The number of amides is 1. The van der Waals surface area contributed by atoms with Crippen molar-refractivity contribution < 1.29 is 9.53 Å². The molecule has 7 nitrogen and oxygen atoms in total. The van der Waals surface area contributed by atoms with Crippen LogP contribution in [0.25, 0.3) is 0 Å². The average Bonchev–Trinajstić information content (AvgIpc) is 3.14. The van der Waals surface area contributed by atoms with Crippen LogP contribution in [0.1, 0.15) is 28.9 Å². The number of hydrogen-bond donors (Lipinski definition) is 2. The maximum absolute atomic E-state index is 12.2. The maximum atomic E-state index is 12.2. The molecule has 1 aromatic heterocycles. The SMILES string of the molecule is N#Cc1ccc(Nc2nccc(C(=O)NCC3CCCO3)n2)cc1. The van der Waals surface area contributed by atoms with Crippen LogP contribution in [0, 0.1) is 11.3 Å². The number of benzene rings is 1. The van der Waals surface area contributed by atoms with Crippen molar-refractivity contribution in [1.82, 2.24) is 15.3 Å². The normalized spacial score (nSPS) is 16.4. The van der Waals surface area contributed by atoms with Crippen LogP contribution in [0.15, 0.2) is 36.5 Å². The molecule has 0 radical (unpaired) electrons. The van der Waals surface area contributed by atoms with Gasteiger partial charge in [-0.2, -0.15) is 5.26 Å². The number of carbonyl (C=O) groups is 1. The summed E-state index contributed by atoms with van der Waals surface area (Å²) in [5.41, 5.74) is 1.61. The van der Waals surface area contributed by atoms with E-state index in [1.165, 1.54) is 6.20 Å². The van der Waals surface area contributed by atoms with Gasteiger partial charge in [0.1, 0.15) is 5.69 Å². The monoisotopic (exact) mass is 323 g/mol. The van der Waals surface area contributed by atoms with Crippen LogP contribution in [0.2, 0.25) is 0 Å². The number of carbonyl (C=O) groups excluding carboxylic acids is 1. The van der Waals surface area contributed by atoms with Gasteiger partial charge in [-0.3, -0.25) is 4.79 Å². The first-order valence-corrected chi connectivity index (χ1v) is 7.74. The van der Waals surface area contributed by atoms with E-state index in [1.54, 1.807) is 30.3 Å². The van der Waals surface area contributed by atoms with Crippen LogP contribution in [0.3, 0.4) is 0 Å². The van der Waals surface area contributed by atoms with Crippen LogP contribution in [-0.2, 0) is 4.74 Å². The molecule has 122 valence electrons. The molecule has 1 atom stereocenters. The summed E-state index contributed by atoms with van der Waals surface area (Å²) < 4.78 is 5.48. The predicted molar refractivity (Wildman–Crippen MR) is 87.8 cm³/mol. The molecule has 0 bridgehead atoms. The van der Waals surface area contributed by atoms with Gasteiger partial charge in [0.2, 0.25) is 5.95 Å². The molecule has 2 aromatic rings. The van der Waals surface area contributed by atoms with Gasteiger partial charge < -0.3 is 15.4 Å². The second kappa shape index (κ2) is 7.53. The number of anilines is 2. The number of nitrogens with zero attached hydrogens (tertiary/aromatic N) is 3. The zero-order valence-electron chi connectivity index (χ0n) is 13.0. The lowest BCUT2D eigenvalue weighted by Gasteiger charge is -2.11. The minimum Gasteiger partial charge on any atom is -0.376 e. The number of rotatable bonds is 5. The molecule has 24 heavy (non-hydrogen) atoms. The van der Waals surface area contributed by atoms with Crippen LogP contribution < -0.4 is 10.6 Å². The highest BCUT2D eigenvalue weighted by Gasteiger charge is 2.17. The summed E-state index contributed by atoms with van der Waals surface area (Å²) in [6, 6.07) is 10.5. The van der Waals surface area contributed by atoms with E-state index in [-0.39, 0.29) is 12.0 Å². The van der Waals surface area contributed by atoms with Gasteiger partial charge in [-0.1, -0.05) is 0 Å². The lowest BCUT2D eigenvalue weighted by molar-refractivity contribution is 0.0853. The van der Waals surface area contributed by atoms with Crippen molar-refractivity contribution in [2.45, 2.75) is 18.9 Å². The van der Waals surface area contributed by atoms with Crippen molar-refractivity contribution in [3.05, 3.63) is 47.8 Å². The average molecular weight is 323 g/mol. The van der Waals surface area contributed by atoms with E-state index in [0.717, 1.165) is 25.1 Å². The van der Waals surface area contributed by atoms with Gasteiger partial charge in [0.05, 0.1) is 17.7 Å². The third-order valence-electron chi connectivity index (χ3n) is 3.67. The molecule has 2 N–H and O–H groups in total. The van der Waals surface area contributed by atoms with Gasteiger partial charge in [-0.25, -0.2) is 9.97 Å². The van der Waals surface area contributed by atoms with Crippen LogP contribution in [0.5, 0.6) is 0 Å². The summed E-state index contributed by atoms with van der Waals surface area (Å²) in [6.45, 7) is 1.24. The van der Waals surface area contributed by atoms with E-state index in [0.29, 0.717) is 23.8 Å². The molecule has 1 unspecified atom stereocenters. The highest BCUT2D eigenvalue weighted by atomic mass is 16.5. The highest BCUT2D eigenvalue weighted by molar-refractivity contribution is 5.92. The van der Waals surface area contributed by atoms with E-state index in [2.05, 4.69) is 26.7 Å². The lowest BCUT2D eigenvalue weighted by atomic mass is 10.2. The second-order valence-corrected chi connectivity index (χ2v) is 5.42. The minimum absolute atomic E-state index is 0.0898. The van der Waals surface area contributed by atoms with Crippen molar-refractivity contribution in [1.29, 1.82) is 5.26 Å². The molecule has 1 aliphatic rings. The van der Waals surface area contributed by atoms with Gasteiger partial charge in [0, 0.05) is 25.0 Å². The third kappa shape index (κ3) is 4.06. The van der Waals surface area contributed by atoms with Crippen LogP contribution in [0.4, 0.5) is 11.6 Å². The molecule has 7 heteroatoms. The summed E-state index contributed by atoms with van der Waals surface area (Å²) in [5.74, 6) is 0.0697. The largest absolute Gasteiger partial charge is 0.376 e. The summed E-state index contributed by atoms with van der Waals surface area (Å²) in [4.78, 5) is 20.5. The van der Waals surface area contributed by atoms with Crippen molar-refractivity contribution in [3.63, 3.8) is 0 Å². The van der Waals surface area contributed by atoms with Crippen molar-refractivity contribution >= 4 is 17.5 Å². The molecule has 0 saturated carbocycles. The molecule has 1 aliphatic heterocycles. The van der Waals surface area contributed by atoms with Gasteiger partial charge in [-0.05, 0) is 43.2 Å². The molecular weight excluding hydrogens is 306 g/mol. The Kier molecular flexibility index (Phi) is 4.99. The molecule has 1 amide bonds. The summed E-state index contributed by atoms with van der Waals surface area (Å²) in [7, 11) is 0. The number of hydrogen-bond acceptors (Lipinski definition) is 6. The van der Waals surface area contributed by atoms with Gasteiger partial charge in [0.15, 0.2) is 0 Å². The van der Waals surface area contributed by atoms with Crippen molar-refractivity contribution in [3.8, 4) is 6.07 Å². The molecule has 0 aliphatic carbocycles. The minimum atomic E-state index is -0.254. The Morgan fingerprint density at radius 3 is 2.88 bits per heavy atom. The Balaban J connectivity index is 1.62. The Hall–Kier alpha value is -2.98. The molecule has 1 aromatic carbocycles. The lowest BCUT2D eigenvalue weighted by Crippen LogP contribution is -2.32. The highest BCUT2D eigenvalue weighted by Crippen LogP contribution is 2.14. The standard InChI is InChI=1S/C17H17N5O2/c18-10-12-3-5-13(6-4-12)21-17-19-8-7-15(22-17)16(23)20-11-14-2-1-9-24-14/h3-8,14H,1-2,9,11H2,(H,20,23)(H,19,21,22). The zero-order valence-corrected chi connectivity index (χ0v) is 13.0. The second-order valence-electron chi connectivity index (χ2n) is 5.42. The molecule has 3 rings (SSSR count). The predicted octanol–water partition coefficient (Wildman–Crippen LogP) is 2.00. The Bertz CT molecular complexity index is 748. The van der Waals surface area contributed by atoms with Crippen molar-refractivity contribution in [2.24, 2.45) is 0 Å². The van der Waals surface area contributed by atoms with E-state index < -0.39 is 0 Å². The van der Waals surface area contributed by atoms with Crippen LogP contribution >= 0.6 is 0 Å².